The van der Waals surface area contributed by atoms with Crippen molar-refractivity contribution in [2.45, 2.75) is 51.2 Å². The summed E-state index contributed by atoms with van der Waals surface area (Å²) in [4.78, 5) is 15.3. The lowest BCUT2D eigenvalue weighted by molar-refractivity contribution is -0.128. The Morgan fingerprint density at radius 3 is 2.48 bits per heavy atom. The summed E-state index contributed by atoms with van der Waals surface area (Å²) in [5.41, 5.74) is 8.91. The van der Waals surface area contributed by atoms with Gasteiger partial charge >= 0.3 is 0 Å². The van der Waals surface area contributed by atoms with Gasteiger partial charge in [-0.2, -0.15) is 0 Å². The molecule has 1 aromatic carbocycles. The Morgan fingerprint density at radius 2 is 1.78 bits per heavy atom. The third kappa shape index (κ3) is 4.53. The van der Waals surface area contributed by atoms with Gasteiger partial charge in [0.1, 0.15) is 0 Å². The quantitative estimate of drug-likeness (QED) is 0.833. The Kier molecular flexibility index (Phi) is 6.11. The number of benzene rings is 1. The molecule has 2 unspecified atom stereocenters. The Bertz CT molecular complexity index is 630. The first kappa shape index (κ1) is 18.9. The van der Waals surface area contributed by atoms with Crippen LogP contribution in [0.1, 0.15) is 43.2 Å². The Morgan fingerprint density at radius 1 is 1.11 bits per heavy atom. The summed E-state index contributed by atoms with van der Waals surface area (Å²) >= 11 is 0. The highest BCUT2D eigenvalue weighted by Gasteiger charge is 2.40. The fraction of sp³-hybridized carbons (Fsp3) is 0.682. The minimum atomic E-state index is 0.145. The third-order valence-corrected chi connectivity index (χ3v) is 6.85. The third-order valence-electron chi connectivity index (χ3n) is 6.85. The topological polar surface area (TPSA) is 67.6 Å². The maximum absolute atomic E-state index is 12.8. The first-order valence-electron chi connectivity index (χ1n) is 10.6. The van der Waals surface area contributed by atoms with Crippen LogP contribution in [0.4, 0.5) is 0 Å². The van der Waals surface area contributed by atoms with E-state index in [0.717, 1.165) is 45.7 Å². The van der Waals surface area contributed by atoms with E-state index in [1.54, 1.807) is 0 Å². The fourth-order valence-corrected chi connectivity index (χ4v) is 5.21. The molecule has 2 aliphatic carbocycles. The van der Waals surface area contributed by atoms with Gasteiger partial charge in [-0.25, -0.2) is 0 Å². The van der Waals surface area contributed by atoms with Crippen molar-refractivity contribution in [3.05, 3.63) is 35.4 Å². The van der Waals surface area contributed by atoms with Crippen LogP contribution in [0.25, 0.3) is 0 Å². The second-order valence-electron chi connectivity index (χ2n) is 8.57. The molecule has 0 spiro atoms. The van der Waals surface area contributed by atoms with Gasteiger partial charge < -0.3 is 15.8 Å². The number of rotatable bonds is 5. The van der Waals surface area contributed by atoms with Crippen LogP contribution in [0.5, 0.6) is 0 Å². The van der Waals surface area contributed by atoms with Crippen LogP contribution in [-0.2, 0) is 22.6 Å². The SMILES string of the molecule is NC1C2CCCC1CC(C(=O)NCc1ccccc1CN1CCOCC1)C2. The van der Waals surface area contributed by atoms with Gasteiger partial charge in [-0.15, -0.1) is 0 Å². The number of hydrogen-bond acceptors (Lipinski definition) is 4. The van der Waals surface area contributed by atoms with Crippen molar-refractivity contribution >= 4 is 5.91 Å². The number of fused-ring (bicyclic) bond motifs is 2. The number of hydrogen-bond donors (Lipinski definition) is 2. The lowest BCUT2D eigenvalue weighted by Gasteiger charge is -2.43. The molecule has 148 valence electrons. The van der Waals surface area contributed by atoms with E-state index in [4.69, 9.17) is 10.5 Å². The summed E-state index contributed by atoms with van der Waals surface area (Å²) in [5.74, 6) is 1.45. The maximum Gasteiger partial charge on any atom is 0.223 e. The lowest BCUT2D eigenvalue weighted by atomic mass is 9.65. The molecule has 2 atom stereocenters. The van der Waals surface area contributed by atoms with E-state index in [2.05, 4.69) is 34.5 Å². The average Bonchev–Trinajstić information content (AvgIpc) is 2.68. The number of morpholine rings is 1. The van der Waals surface area contributed by atoms with Crippen LogP contribution < -0.4 is 11.1 Å². The second-order valence-corrected chi connectivity index (χ2v) is 8.57. The number of ether oxygens (including phenoxy) is 1. The van der Waals surface area contributed by atoms with E-state index in [1.165, 1.54) is 30.4 Å². The maximum atomic E-state index is 12.8. The van der Waals surface area contributed by atoms with Gasteiger partial charge in [0, 0.05) is 38.1 Å². The highest BCUT2D eigenvalue weighted by molar-refractivity contribution is 5.78. The molecule has 3 N–H and O–H groups in total. The summed E-state index contributed by atoms with van der Waals surface area (Å²) in [6.07, 6.45) is 5.62. The predicted molar refractivity (Wildman–Crippen MR) is 106 cm³/mol. The van der Waals surface area contributed by atoms with Crippen molar-refractivity contribution in [3.8, 4) is 0 Å². The highest BCUT2D eigenvalue weighted by atomic mass is 16.5. The fourth-order valence-electron chi connectivity index (χ4n) is 5.21. The number of nitrogens with zero attached hydrogens (tertiary/aromatic N) is 1. The molecule has 4 rings (SSSR count). The van der Waals surface area contributed by atoms with Gasteiger partial charge in [0.2, 0.25) is 5.91 Å². The van der Waals surface area contributed by atoms with Gasteiger partial charge in [0.05, 0.1) is 13.2 Å². The predicted octanol–water partition coefficient (Wildman–Crippen LogP) is 2.29. The van der Waals surface area contributed by atoms with Gasteiger partial charge in [0.25, 0.3) is 0 Å². The summed E-state index contributed by atoms with van der Waals surface area (Å²) in [5, 5.41) is 3.23. The van der Waals surface area contributed by atoms with Crippen LogP contribution in [0.2, 0.25) is 0 Å². The molecule has 27 heavy (non-hydrogen) atoms. The number of amides is 1. The number of nitrogens with one attached hydrogen (secondary N) is 1. The van der Waals surface area contributed by atoms with Crippen molar-refractivity contribution in [3.63, 3.8) is 0 Å². The van der Waals surface area contributed by atoms with Crippen molar-refractivity contribution < 1.29 is 9.53 Å². The van der Waals surface area contributed by atoms with E-state index in [0.29, 0.717) is 24.4 Å². The molecule has 3 fully saturated rings. The molecule has 3 aliphatic rings. The van der Waals surface area contributed by atoms with Gasteiger partial charge in [-0.3, -0.25) is 9.69 Å². The molecule has 0 radical (unpaired) electrons. The van der Waals surface area contributed by atoms with Crippen LogP contribution in [-0.4, -0.2) is 43.2 Å². The number of carbonyl (C=O) groups is 1. The van der Waals surface area contributed by atoms with Crippen molar-refractivity contribution in [2.75, 3.05) is 26.3 Å². The highest BCUT2D eigenvalue weighted by Crippen LogP contribution is 2.41. The molecule has 1 aromatic rings. The lowest BCUT2D eigenvalue weighted by Crippen LogP contribution is -2.49. The first-order valence-corrected chi connectivity index (χ1v) is 10.6. The molecular weight excluding hydrogens is 338 g/mol. The Labute approximate surface area is 162 Å². The molecule has 2 saturated carbocycles. The largest absolute Gasteiger partial charge is 0.379 e. The summed E-state index contributed by atoms with van der Waals surface area (Å²) in [7, 11) is 0. The zero-order valence-electron chi connectivity index (χ0n) is 16.2. The Hall–Kier alpha value is -1.43. The van der Waals surface area contributed by atoms with Crippen molar-refractivity contribution in [2.24, 2.45) is 23.5 Å². The van der Waals surface area contributed by atoms with Crippen molar-refractivity contribution in [1.82, 2.24) is 10.2 Å². The molecule has 1 saturated heterocycles. The molecule has 1 heterocycles. The molecule has 2 bridgehead atoms. The van der Waals surface area contributed by atoms with E-state index in [-0.39, 0.29) is 11.8 Å². The minimum Gasteiger partial charge on any atom is -0.379 e. The summed E-state index contributed by atoms with van der Waals surface area (Å²) in [6, 6.07) is 8.79. The second kappa shape index (κ2) is 8.72. The van der Waals surface area contributed by atoms with Gasteiger partial charge in [-0.05, 0) is 48.6 Å². The normalized spacial score (nSPS) is 31.4. The molecule has 5 nitrogen and oxygen atoms in total. The molecule has 0 aromatic heterocycles. The van der Waals surface area contributed by atoms with E-state index >= 15 is 0 Å². The number of nitrogens with two attached hydrogens (primary N) is 1. The average molecular weight is 372 g/mol. The minimum absolute atomic E-state index is 0.145. The van der Waals surface area contributed by atoms with Gasteiger partial charge in [-0.1, -0.05) is 30.7 Å². The molecular formula is C22H33N3O2. The zero-order chi connectivity index (χ0) is 18.6. The first-order chi connectivity index (χ1) is 13.2. The Balaban J connectivity index is 1.34. The summed E-state index contributed by atoms with van der Waals surface area (Å²) < 4.78 is 5.44. The molecule has 1 amide bonds. The molecule has 5 heteroatoms. The number of carbonyl (C=O) groups excluding carboxylic acids is 1. The van der Waals surface area contributed by atoms with E-state index < -0.39 is 0 Å². The van der Waals surface area contributed by atoms with Crippen LogP contribution >= 0.6 is 0 Å². The van der Waals surface area contributed by atoms with Crippen LogP contribution in [0.15, 0.2) is 24.3 Å². The van der Waals surface area contributed by atoms with E-state index in [9.17, 15) is 4.79 Å². The smallest absolute Gasteiger partial charge is 0.223 e. The van der Waals surface area contributed by atoms with E-state index in [1.807, 2.05) is 0 Å². The standard InChI is InChI=1S/C22H33N3O2/c23-21-16-6-3-7-17(21)13-20(12-16)22(26)24-14-18-4-1-2-5-19(18)15-25-8-10-27-11-9-25/h1-2,4-5,16-17,20-21H,3,6-15,23H2,(H,24,26). The van der Waals surface area contributed by atoms with Crippen molar-refractivity contribution in [1.29, 1.82) is 0 Å². The van der Waals surface area contributed by atoms with Gasteiger partial charge in [0.15, 0.2) is 0 Å². The molecule has 1 aliphatic heterocycles. The van der Waals surface area contributed by atoms with Crippen LogP contribution in [0.3, 0.4) is 0 Å². The zero-order valence-corrected chi connectivity index (χ0v) is 16.2. The summed E-state index contributed by atoms with van der Waals surface area (Å²) in [6.45, 7) is 5.13. The van der Waals surface area contributed by atoms with Crippen LogP contribution in [0, 0.1) is 17.8 Å². The monoisotopic (exact) mass is 371 g/mol.